The number of amides is 1. The summed E-state index contributed by atoms with van der Waals surface area (Å²) in [6.45, 7) is 8.32. The van der Waals surface area contributed by atoms with Crippen LogP contribution in [0, 0.1) is 0 Å². The fourth-order valence-corrected chi connectivity index (χ4v) is 3.20. The first-order valence-electron chi connectivity index (χ1n) is 9.77. The predicted molar refractivity (Wildman–Crippen MR) is 117 cm³/mol. The molecule has 0 unspecified atom stereocenters. The summed E-state index contributed by atoms with van der Waals surface area (Å²) in [4.78, 5) is 27.3. The molecule has 1 amide bonds. The number of rotatable bonds is 7. The lowest BCUT2D eigenvalue weighted by molar-refractivity contribution is 0.0949. The number of aryl methyl sites for hydroxylation is 1. The third-order valence-electron chi connectivity index (χ3n) is 4.78. The van der Waals surface area contributed by atoms with Crippen molar-refractivity contribution in [3.05, 3.63) is 70.1 Å². The Morgan fingerprint density at radius 2 is 1.72 bits per heavy atom. The van der Waals surface area contributed by atoms with E-state index in [4.69, 9.17) is 0 Å². The minimum Gasteiger partial charge on any atom is -0.372 e. The smallest absolute Gasteiger partial charge is 0.292 e. The number of anilines is 1. The topological polar surface area (TPSA) is 79.6 Å². The summed E-state index contributed by atoms with van der Waals surface area (Å²) in [6, 6.07) is 14.9. The van der Waals surface area contributed by atoms with Crippen LogP contribution in [0.25, 0.3) is 10.8 Å². The second-order valence-electron chi connectivity index (χ2n) is 6.48. The van der Waals surface area contributed by atoms with E-state index in [1.165, 1.54) is 4.68 Å². The van der Waals surface area contributed by atoms with E-state index < -0.39 is 5.91 Å². The van der Waals surface area contributed by atoms with E-state index in [1.807, 2.05) is 31.2 Å². The zero-order valence-corrected chi connectivity index (χ0v) is 16.9. The molecule has 0 spiro atoms. The molecule has 3 aromatic rings. The maximum absolute atomic E-state index is 12.6. The summed E-state index contributed by atoms with van der Waals surface area (Å²) >= 11 is 0. The Morgan fingerprint density at radius 1 is 1.07 bits per heavy atom. The van der Waals surface area contributed by atoms with Crippen LogP contribution in [0.4, 0.5) is 5.69 Å². The molecule has 7 heteroatoms. The van der Waals surface area contributed by atoms with Crippen molar-refractivity contribution in [2.45, 2.75) is 27.3 Å². The largest absolute Gasteiger partial charge is 0.372 e. The van der Waals surface area contributed by atoms with Gasteiger partial charge in [0.15, 0.2) is 5.69 Å². The zero-order valence-electron chi connectivity index (χ0n) is 16.9. The first kappa shape index (κ1) is 20.3. The Hall–Kier alpha value is -3.48. The van der Waals surface area contributed by atoms with E-state index >= 15 is 0 Å². The van der Waals surface area contributed by atoms with Crippen LogP contribution in [0.5, 0.6) is 0 Å². The summed E-state index contributed by atoms with van der Waals surface area (Å²) in [6.07, 6.45) is 1.59. The molecule has 7 nitrogen and oxygen atoms in total. The van der Waals surface area contributed by atoms with Crippen LogP contribution in [0.1, 0.15) is 36.8 Å². The molecular weight excluding hydrogens is 366 g/mol. The third kappa shape index (κ3) is 4.34. The van der Waals surface area contributed by atoms with Crippen LogP contribution < -0.4 is 15.9 Å². The van der Waals surface area contributed by atoms with Gasteiger partial charge in [0.2, 0.25) is 0 Å². The van der Waals surface area contributed by atoms with Crippen molar-refractivity contribution in [3.8, 4) is 0 Å². The van der Waals surface area contributed by atoms with Crippen molar-refractivity contribution < 1.29 is 4.79 Å². The van der Waals surface area contributed by atoms with Crippen molar-refractivity contribution >= 4 is 28.6 Å². The van der Waals surface area contributed by atoms with Crippen molar-refractivity contribution in [1.29, 1.82) is 0 Å². The van der Waals surface area contributed by atoms with Gasteiger partial charge >= 0.3 is 0 Å². The van der Waals surface area contributed by atoms with Gasteiger partial charge in [-0.25, -0.2) is 10.1 Å². The van der Waals surface area contributed by atoms with Crippen LogP contribution in [0.3, 0.4) is 0 Å². The Balaban J connectivity index is 1.79. The molecule has 0 atom stereocenters. The number of benzene rings is 2. The number of nitrogens with one attached hydrogen (secondary N) is 1. The molecular formula is C22H25N5O2. The van der Waals surface area contributed by atoms with E-state index in [9.17, 15) is 9.59 Å². The highest BCUT2D eigenvalue weighted by Gasteiger charge is 2.15. The van der Waals surface area contributed by atoms with Crippen LogP contribution in [0.2, 0.25) is 0 Å². The summed E-state index contributed by atoms with van der Waals surface area (Å²) < 4.78 is 1.28. The van der Waals surface area contributed by atoms with Gasteiger partial charge in [-0.1, -0.05) is 30.3 Å². The lowest BCUT2D eigenvalue weighted by atomic mass is 10.1. The standard InChI is InChI=1S/C22H25N5O2/c1-4-26(5-2)17-13-11-16(12-14-17)15-23-24-21(28)20-18-9-7-8-10-19(18)22(29)27(6-3)25-20/h7-15H,4-6H2,1-3H3,(H,24,28)/b23-15-. The molecule has 0 aliphatic heterocycles. The number of carbonyl (C=O) groups excluding carboxylic acids is 1. The van der Waals surface area contributed by atoms with Crippen LogP contribution in [-0.4, -0.2) is 35.0 Å². The zero-order chi connectivity index (χ0) is 20.8. The van der Waals surface area contributed by atoms with Crippen molar-refractivity contribution in [2.75, 3.05) is 18.0 Å². The second kappa shape index (κ2) is 9.14. The summed E-state index contributed by atoms with van der Waals surface area (Å²) in [5, 5.41) is 9.23. The molecule has 1 N–H and O–H groups in total. The lowest BCUT2D eigenvalue weighted by Crippen LogP contribution is -2.28. The average molecular weight is 391 g/mol. The fraction of sp³-hybridized carbons (Fsp3) is 0.273. The number of fused-ring (bicyclic) bond motifs is 1. The molecule has 1 aromatic heterocycles. The van der Waals surface area contributed by atoms with Crippen LogP contribution >= 0.6 is 0 Å². The van der Waals surface area contributed by atoms with Crippen LogP contribution in [-0.2, 0) is 6.54 Å². The number of hydrogen-bond donors (Lipinski definition) is 1. The van der Waals surface area contributed by atoms with E-state index in [1.54, 1.807) is 30.5 Å². The lowest BCUT2D eigenvalue weighted by Gasteiger charge is -2.20. The normalized spacial score (nSPS) is 11.1. The molecule has 1 heterocycles. The predicted octanol–water partition coefficient (Wildman–Crippen LogP) is 3.03. The van der Waals surface area contributed by atoms with Gasteiger partial charge in [-0.05, 0) is 44.5 Å². The minimum absolute atomic E-state index is 0.177. The molecule has 29 heavy (non-hydrogen) atoms. The van der Waals surface area contributed by atoms with Gasteiger partial charge in [-0.2, -0.15) is 10.2 Å². The van der Waals surface area contributed by atoms with Gasteiger partial charge in [0, 0.05) is 30.7 Å². The van der Waals surface area contributed by atoms with E-state index in [2.05, 4.69) is 34.4 Å². The van der Waals surface area contributed by atoms with Gasteiger partial charge < -0.3 is 4.90 Å². The van der Waals surface area contributed by atoms with E-state index in [0.29, 0.717) is 17.3 Å². The Kier molecular flexibility index (Phi) is 6.39. The molecule has 150 valence electrons. The first-order chi connectivity index (χ1) is 14.1. The molecule has 0 aliphatic carbocycles. The number of aromatic nitrogens is 2. The highest BCUT2D eigenvalue weighted by Crippen LogP contribution is 2.15. The molecule has 2 aromatic carbocycles. The van der Waals surface area contributed by atoms with Gasteiger partial charge in [-0.15, -0.1) is 0 Å². The summed E-state index contributed by atoms with van der Waals surface area (Å²) in [5.41, 5.74) is 4.50. The van der Waals surface area contributed by atoms with Gasteiger partial charge in [0.05, 0.1) is 11.6 Å². The average Bonchev–Trinajstić information content (AvgIpc) is 2.76. The maximum Gasteiger partial charge on any atom is 0.292 e. The monoisotopic (exact) mass is 391 g/mol. The first-order valence-corrected chi connectivity index (χ1v) is 9.77. The molecule has 0 aliphatic rings. The molecule has 0 radical (unpaired) electrons. The van der Waals surface area contributed by atoms with Crippen molar-refractivity contribution in [1.82, 2.24) is 15.2 Å². The van der Waals surface area contributed by atoms with Gasteiger partial charge in [0.1, 0.15) is 0 Å². The number of hydrogen-bond acceptors (Lipinski definition) is 5. The maximum atomic E-state index is 12.6. The van der Waals surface area contributed by atoms with E-state index in [-0.39, 0.29) is 11.3 Å². The number of hydrazone groups is 1. The Bertz CT molecular complexity index is 1080. The van der Waals surface area contributed by atoms with Gasteiger partial charge in [0.25, 0.3) is 11.5 Å². The molecule has 0 bridgehead atoms. The third-order valence-corrected chi connectivity index (χ3v) is 4.78. The Morgan fingerprint density at radius 3 is 2.34 bits per heavy atom. The van der Waals surface area contributed by atoms with Gasteiger partial charge in [-0.3, -0.25) is 9.59 Å². The van der Waals surface area contributed by atoms with Crippen LogP contribution in [0.15, 0.2) is 58.4 Å². The van der Waals surface area contributed by atoms with E-state index in [0.717, 1.165) is 24.3 Å². The SMILES string of the molecule is CCN(CC)c1ccc(/C=N\NC(=O)c2nn(CC)c(=O)c3ccccc23)cc1. The Labute approximate surface area is 169 Å². The number of carbonyl (C=O) groups is 1. The molecule has 0 saturated heterocycles. The fourth-order valence-electron chi connectivity index (χ4n) is 3.20. The minimum atomic E-state index is -0.459. The van der Waals surface area contributed by atoms with Crippen molar-refractivity contribution in [3.63, 3.8) is 0 Å². The highest BCUT2D eigenvalue weighted by atomic mass is 16.2. The molecule has 0 fully saturated rings. The second-order valence-corrected chi connectivity index (χ2v) is 6.48. The number of nitrogens with zero attached hydrogens (tertiary/aromatic N) is 4. The molecule has 3 rings (SSSR count). The van der Waals surface area contributed by atoms with Crippen molar-refractivity contribution in [2.24, 2.45) is 5.10 Å². The summed E-state index contributed by atoms with van der Waals surface area (Å²) in [5.74, 6) is -0.459. The highest BCUT2D eigenvalue weighted by molar-refractivity contribution is 6.04. The molecule has 0 saturated carbocycles. The quantitative estimate of drug-likeness (QED) is 0.496. The summed E-state index contributed by atoms with van der Waals surface area (Å²) in [7, 11) is 0.